The van der Waals surface area contributed by atoms with Crippen molar-refractivity contribution in [3.05, 3.63) is 59.4 Å². The fourth-order valence-electron chi connectivity index (χ4n) is 1.56. The standard InChI is InChI=1S/C14H12ClFN2O4S/c15-12-6-1-2-7-13(12)22-9-14(19)17-18-23(20,21)11-5-3-4-10(16)8-11/h1-8,18H,9H2,(H,17,19). The third kappa shape index (κ3) is 4.92. The quantitative estimate of drug-likeness (QED) is 0.772. The molecule has 0 aliphatic rings. The molecular formula is C14H12ClFN2O4S. The third-order valence-corrected chi connectivity index (χ3v) is 4.18. The fourth-order valence-corrected chi connectivity index (χ4v) is 2.64. The Balaban J connectivity index is 1.90. The molecule has 1 amide bonds. The summed E-state index contributed by atoms with van der Waals surface area (Å²) in [4.78, 5) is 13.1. The van der Waals surface area contributed by atoms with Crippen molar-refractivity contribution in [3.63, 3.8) is 0 Å². The first-order chi connectivity index (χ1) is 10.9. The lowest BCUT2D eigenvalue weighted by Crippen LogP contribution is -2.43. The lowest BCUT2D eigenvalue weighted by molar-refractivity contribution is -0.123. The Labute approximate surface area is 137 Å². The SMILES string of the molecule is O=C(COc1ccccc1Cl)NNS(=O)(=O)c1cccc(F)c1. The van der Waals surface area contributed by atoms with E-state index in [9.17, 15) is 17.6 Å². The van der Waals surface area contributed by atoms with Gasteiger partial charge in [-0.15, -0.1) is 4.83 Å². The Bertz CT molecular complexity index is 814. The van der Waals surface area contributed by atoms with Crippen LogP contribution in [0.25, 0.3) is 0 Å². The number of carbonyl (C=O) groups is 1. The van der Waals surface area contributed by atoms with Crippen LogP contribution in [0.15, 0.2) is 53.4 Å². The number of hydrazine groups is 1. The summed E-state index contributed by atoms with van der Waals surface area (Å²) >= 11 is 5.85. The molecule has 0 saturated heterocycles. The molecule has 0 aliphatic carbocycles. The van der Waals surface area contributed by atoms with Gasteiger partial charge in [0.1, 0.15) is 11.6 Å². The maximum absolute atomic E-state index is 13.0. The van der Waals surface area contributed by atoms with Crippen LogP contribution in [0, 0.1) is 5.82 Å². The summed E-state index contributed by atoms with van der Waals surface area (Å²) < 4.78 is 41.9. The number of hydrogen-bond donors (Lipinski definition) is 2. The molecular weight excluding hydrogens is 347 g/mol. The van der Waals surface area contributed by atoms with Gasteiger partial charge in [0.15, 0.2) is 6.61 Å². The predicted octanol–water partition coefficient (Wildman–Crippen LogP) is 1.87. The van der Waals surface area contributed by atoms with Crippen molar-refractivity contribution >= 4 is 27.5 Å². The van der Waals surface area contributed by atoms with Crippen LogP contribution in [0.5, 0.6) is 5.75 Å². The minimum absolute atomic E-state index is 0.289. The molecule has 0 saturated carbocycles. The molecule has 0 radical (unpaired) electrons. The summed E-state index contributed by atoms with van der Waals surface area (Å²) in [6, 6.07) is 10.9. The molecule has 0 fully saturated rings. The predicted molar refractivity (Wildman–Crippen MR) is 81.8 cm³/mol. The highest BCUT2D eigenvalue weighted by Crippen LogP contribution is 2.22. The number of ether oxygens (including phenoxy) is 1. The maximum Gasteiger partial charge on any atom is 0.272 e. The number of carbonyl (C=O) groups excluding carboxylic acids is 1. The number of amides is 1. The van der Waals surface area contributed by atoms with Crippen molar-refractivity contribution in [1.29, 1.82) is 0 Å². The summed E-state index contributed by atoms with van der Waals surface area (Å²) in [6.45, 7) is -0.449. The lowest BCUT2D eigenvalue weighted by atomic mass is 10.3. The molecule has 2 N–H and O–H groups in total. The minimum Gasteiger partial charge on any atom is -0.482 e. The zero-order valence-electron chi connectivity index (χ0n) is 11.6. The van der Waals surface area contributed by atoms with Crippen molar-refractivity contribution in [2.75, 3.05) is 6.61 Å². The van der Waals surface area contributed by atoms with Crippen LogP contribution in [0.1, 0.15) is 0 Å². The number of nitrogens with one attached hydrogen (secondary N) is 2. The van der Waals surface area contributed by atoms with Crippen LogP contribution >= 0.6 is 11.6 Å². The van der Waals surface area contributed by atoms with E-state index in [0.717, 1.165) is 12.1 Å². The first-order valence-electron chi connectivity index (χ1n) is 6.32. The van der Waals surface area contributed by atoms with Crippen LogP contribution in [0.3, 0.4) is 0 Å². The van der Waals surface area contributed by atoms with Crippen LogP contribution < -0.4 is 15.0 Å². The molecule has 0 aromatic heterocycles. The zero-order valence-corrected chi connectivity index (χ0v) is 13.2. The van der Waals surface area contributed by atoms with Crippen molar-refractivity contribution in [1.82, 2.24) is 10.3 Å². The highest BCUT2D eigenvalue weighted by molar-refractivity contribution is 7.89. The number of sulfonamides is 1. The first kappa shape index (κ1) is 17.2. The fraction of sp³-hybridized carbons (Fsp3) is 0.0714. The Morgan fingerprint density at radius 3 is 2.61 bits per heavy atom. The van der Waals surface area contributed by atoms with Gasteiger partial charge in [0.05, 0.1) is 9.92 Å². The van der Waals surface area contributed by atoms with Gasteiger partial charge >= 0.3 is 0 Å². The van der Waals surface area contributed by atoms with E-state index in [4.69, 9.17) is 16.3 Å². The topological polar surface area (TPSA) is 84.5 Å². The number of para-hydroxylation sites is 1. The van der Waals surface area contributed by atoms with Gasteiger partial charge in [0, 0.05) is 0 Å². The smallest absolute Gasteiger partial charge is 0.272 e. The molecule has 9 heteroatoms. The van der Waals surface area contributed by atoms with E-state index in [2.05, 4.69) is 0 Å². The largest absolute Gasteiger partial charge is 0.482 e. The van der Waals surface area contributed by atoms with Crippen molar-refractivity contribution in [2.24, 2.45) is 0 Å². The van der Waals surface area contributed by atoms with Gasteiger partial charge in [-0.2, -0.15) is 0 Å². The van der Waals surface area contributed by atoms with Gasteiger partial charge in [-0.25, -0.2) is 12.8 Å². The van der Waals surface area contributed by atoms with Crippen LogP contribution in [-0.4, -0.2) is 20.9 Å². The van der Waals surface area contributed by atoms with Gasteiger partial charge in [-0.1, -0.05) is 29.8 Å². The monoisotopic (exact) mass is 358 g/mol. The van der Waals surface area contributed by atoms with Crippen molar-refractivity contribution in [2.45, 2.75) is 4.90 Å². The lowest BCUT2D eigenvalue weighted by Gasteiger charge is -2.10. The van der Waals surface area contributed by atoms with E-state index >= 15 is 0 Å². The van der Waals surface area contributed by atoms with E-state index in [1.807, 2.05) is 10.3 Å². The molecule has 23 heavy (non-hydrogen) atoms. The van der Waals surface area contributed by atoms with Crippen LogP contribution in [-0.2, 0) is 14.8 Å². The van der Waals surface area contributed by atoms with E-state index in [1.165, 1.54) is 12.1 Å². The second-order valence-corrected chi connectivity index (χ2v) is 6.42. The highest BCUT2D eigenvalue weighted by Gasteiger charge is 2.16. The van der Waals surface area contributed by atoms with Gasteiger partial charge in [-0.3, -0.25) is 10.2 Å². The Morgan fingerprint density at radius 1 is 1.17 bits per heavy atom. The number of benzene rings is 2. The van der Waals surface area contributed by atoms with Gasteiger partial charge in [-0.05, 0) is 30.3 Å². The summed E-state index contributed by atoms with van der Waals surface area (Å²) in [5.74, 6) is -1.16. The summed E-state index contributed by atoms with van der Waals surface area (Å²) in [7, 11) is -4.07. The molecule has 0 aliphatic heterocycles. The molecule has 2 aromatic carbocycles. The maximum atomic E-state index is 13.0. The van der Waals surface area contributed by atoms with Gasteiger partial charge < -0.3 is 4.74 Å². The molecule has 2 rings (SSSR count). The van der Waals surface area contributed by atoms with Crippen molar-refractivity contribution < 1.29 is 22.3 Å². The van der Waals surface area contributed by atoms with E-state index in [1.54, 1.807) is 24.3 Å². The Kier molecular flexibility index (Phi) is 5.54. The number of halogens is 2. The molecule has 2 aromatic rings. The molecule has 0 heterocycles. The second kappa shape index (κ2) is 7.40. The minimum atomic E-state index is -4.07. The van der Waals surface area contributed by atoms with Gasteiger partial charge in [0.25, 0.3) is 15.9 Å². The second-order valence-electron chi connectivity index (χ2n) is 4.33. The summed E-state index contributed by atoms with van der Waals surface area (Å²) in [5.41, 5.74) is 1.96. The Hall–Kier alpha value is -2.16. The average Bonchev–Trinajstić information content (AvgIpc) is 2.52. The first-order valence-corrected chi connectivity index (χ1v) is 8.18. The highest BCUT2D eigenvalue weighted by atomic mass is 35.5. The zero-order chi connectivity index (χ0) is 16.9. The molecule has 0 atom stereocenters. The van der Waals surface area contributed by atoms with E-state index < -0.39 is 28.4 Å². The number of hydrogen-bond acceptors (Lipinski definition) is 4. The molecule has 0 spiro atoms. The third-order valence-electron chi connectivity index (χ3n) is 2.63. The van der Waals surface area contributed by atoms with Crippen LogP contribution in [0.4, 0.5) is 4.39 Å². The van der Waals surface area contributed by atoms with E-state index in [0.29, 0.717) is 5.02 Å². The summed E-state index contributed by atoms with van der Waals surface area (Å²) in [6.07, 6.45) is 0. The van der Waals surface area contributed by atoms with Crippen molar-refractivity contribution in [3.8, 4) is 5.75 Å². The van der Waals surface area contributed by atoms with Crippen LogP contribution in [0.2, 0.25) is 5.02 Å². The molecule has 6 nitrogen and oxygen atoms in total. The number of rotatable bonds is 6. The van der Waals surface area contributed by atoms with Gasteiger partial charge in [0.2, 0.25) is 0 Å². The molecule has 0 unspecified atom stereocenters. The summed E-state index contributed by atoms with van der Waals surface area (Å²) in [5, 5.41) is 0.320. The van der Waals surface area contributed by atoms with E-state index in [-0.39, 0.29) is 10.6 Å². The normalized spacial score (nSPS) is 11.0. The molecule has 0 bridgehead atoms. The molecule has 122 valence electrons. The Morgan fingerprint density at radius 2 is 1.91 bits per heavy atom. The average molecular weight is 359 g/mol.